The summed E-state index contributed by atoms with van der Waals surface area (Å²) in [6.07, 6.45) is 0.916. The average Bonchev–Trinajstić information content (AvgIpc) is 2.69. The Kier molecular flexibility index (Phi) is 5.48. The molecule has 0 saturated carbocycles. The SMILES string of the molecule is CC(C)(C)NC(=O)OC[C@H]1CCCN1C(=O)OC(C)(C)C. The molecule has 0 bridgehead atoms. The molecular formula is C15H28N2O4. The van der Waals surface area contributed by atoms with Crippen molar-refractivity contribution in [1.82, 2.24) is 10.2 Å². The smallest absolute Gasteiger partial charge is 0.410 e. The Balaban J connectivity index is 2.47. The number of carbonyl (C=O) groups excluding carboxylic acids is 2. The molecule has 21 heavy (non-hydrogen) atoms. The number of alkyl carbamates (subject to hydrolysis) is 1. The van der Waals surface area contributed by atoms with E-state index in [-0.39, 0.29) is 24.3 Å². The molecule has 1 heterocycles. The third-order valence-corrected chi connectivity index (χ3v) is 2.89. The van der Waals surface area contributed by atoms with Gasteiger partial charge in [-0.2, -0.15) is 0 Å². The predicted molar refractivity (Wildman–Crippen MR) is 80.2 cm³/mol. The standard InChI is InChI=1S/C15H28N2O4/c1-14(2,3)16-12(18)20-10-11-8-7-9-17(11)13(19)21-15(4,5)6/h11H,7-10H2,1-6H3,(H,16,18)/t11-/m1/s1. The van der Waals surface area contributed by atoms with Gasteiger partial charge in [0.1, 0.15) is 12.2 Å². The van der Waals surface area contributed by atoms with Crippen molar-refractivity contribution in [2.45, 2.75) is 71.6 Å². The largest absolute Gasteiger partial charge is 0.447 e. The fraction of sp³-hybridized carbons (Fsp3) is 0.867. The van der Waals surface area contributed by atoms with Gasteiger partial charge in [-0.1, -0.05) is 0 Å². The minimum Gasteiger partial charge on any atom is -0.447 e. The highest BCUT2D eigenvalue weighted by molar-refractivity contribution is 5.69. The van der Waals surface area contributed by atoms with Gasteiger partial charge in [0.15, 0.2) is 0 Å². The van der Waals surface area contributed by atoms with E-state index in [0.717, 1.165) is 12.8 Å². The van der Waals surface area contributed by atoms with Crippen LogP contribution in [-0.2, 0) is 9.47 Å². The normalized spacial score (nSPS) is 19.3. The molecular weight excluding hydrogens is 272 g/mol. The maximum Gasteiger partial charge on any atom is 0.410 e. The molecule has 1 rings (SSSR count). The van der Waals surface area contributed by atoms with Crippen LogP contribution in [0.1, 0.15) is 54.4 Å². The van der Waals surface area contributed by atoms with Gasteiger partial charge in [-0.05, 0) is 54.4 Å². The zero-order valence-electron chi connectivity index (χ0n) is 14.0. The Hall–Kier alpha value is -1.46. The summed E-state index contributed by atoms with van der Waals surface area (Å²) in [7, 11) is 0. The summed E-state index contributed by atoms with van der Waals surface area (Å²) in [6, 6.07) is -0.106. The van der Waals surface area contributed by atoms with Gasteiger partial charge in [-0.3, -0.25) is 0 Å². The van der Waals surface area contributed by atoms with Crippen LogP contribution in [-0.4, -0.2) is 47.4 Å². The van der Waals surface area contributed by atoms with Crippen molar-refractivity contribution in [3.63, 3.8) is 0 Å². The first-order valence-corrected chi connectivity index (χ1v) is 7.42. The Morgan fingerprint density at radius 1 is 1.19 bits per heavy atom. The molecule has 6 nitrogen and oxygen atoms in total. The molecule has 0 radical (unpaired) electrons. The van der Waals surface area contributed by atoms with E-state index >= 15 is 0 Å². The summed E-state index contributed by atoms with van der Waals surface area (Å²) in [6.45, 7) is 12.0. The van der Waals surface area contributed by atoms with E-state index in [1.165, 1.54) is 0 Å². The minimum atomic E-state index is -0.519. The third-order valence-electron chi connectivity index (χ3n) is 2.89. The highest BCUT2D eigenvalue weighted by Gasteiger charge is 2.33. The van der Waals surface area contributed by atoms with Crippen LogP contribution in [0.3, 0.4) is 0 Å². The van der Waals surface area contributed by atoms with E-state index in [9.17, 15) is 9.59 Å². The van der Waals surface area contributed by atoms with E-state index in [1.807, 2.05) is 41.5 Å². The van der Waals surface area contributed by atoms with Crippen LogP contribution in [0.25, 0.3) is 0 Å². The first-order chi connectivity index (χ1) is 9.48. The van der Waals surface area contributed by atoms with E-state index in [1.54, 1.807) is 4.90 Å². The second kappa shape index (κ2) is 6.54. The molecule has 0 aromatic rings. The van der Waals surface area contributed by atoms with Crippen molar-refractivity contribution in [2.24, 2.45) is 0 Å². The Bertz CT molecular complexity index is 382. The summed E-state index contributed by atoms with van der Waals surface area (Å²) in [5.41, 5.74) is -0.855. The van der Waals surface area contributed by atoms with E-state index in [4.69, 9.17) is 9.47 Å². The molecule has 0 aliphatic carbocycles. The van der Waals surface area contributed by atoms with Crippen LogP contribution < -0.4 is 5.32 Å². The van der Waals surface area contributed by atoms with Gasteiger partial charge in [-0.15, -0.1) is 0 Å². The van der Waals surface area contributed by atoms with Crippen LogP contribution in [0.4, 0.5) is 9.59 Å². The molecule has 0 aromatic heterocycles. The Morgan fingerprint density at radius 3 is 2.33 bits per heavy atom. The molecule has 1 N–H and O–H groups in total. The lowest BCUT2D eigenvalue weighted by atomic mass is 10.1. The molecule has 1 fully saturated rings. The molecule has 0 unspecified atom stereocenters. The van der Waals surface area contributed by atoms with Gasteiger partial charge in [0.25, 0.3) is 0 Å². The second-order valence-electron chi connectivity index (χ2n) is 7.44. The first kappa shape index (κ1) is 17.6. The number of nitrogens with one attached hydrogen (secondary N) is 1. The zero-order chi connectivity index (χ0) is 16.3. The van der Waals surface area contributed by atoms with Crippen molar-refractivity contribution in [1.29, 1.82) is 0 Å². The highest BCUT2D eigenvalue weighted by atomic mass is 16.6. The number of likely N-dealkylation sites (tertiary alicyclic amines) is 1. The number of hydrogen-bond donors (Lipinski definition) is 1. The van der Waals surface area contributed by atoms with Crippen molar-refractivity contribution >= 4 is 12.2 Å². The highest BCUT2D eigenvalue weighted by Crippen LogP contribution is 2.21. The van der Waals surface area contributed by atoms with Crippen LogP contribution in [0.15, 0.2) is 0 Å². The minimum absolute atomic E-state index is 0.106. The van der Waals surface area contributed by atoms with Gasteiger partial charge in [0, 0.05) is 12.1 Å². The molecule has 2 amide bonds. The van der Waals surface area contributed by atoms with Crippen LogP contribution in [0.2, 0.25) is 0 Å². The van der Waals surface area contributed by atoms with Crippen molar-refractivity contribution in [2.75, 3.05) is 13.2 Å². The van der Waals surface area contributed by atoms with Crippen LogP contribution in [0.5, 0.6) is 0 Å². The monoisotopic (exact) mass is 300 g/mol. The quantitative estimate of drug-likeness (QED) is 0.851. The lowest BCUT2D eigenvalue weighted by Crippen LogP contribution is -2.45. The maximum atomic E-state index is 12.1. The van der Waals surface area contributed by atoms with Crippen LogP contribution >= 0.6 is 0 Å². The molecule has 1 saturated heterocycles. The molecule has 122 valence electrons. The van der Waals surface area contributed by atoms with Gasteiger partial charge in [0.2, 0.25) is 0 Å². The predicted octanol–water partition coefficient (Wildman–Crippen LogP) is 2.91. The molecule has 0 spiro atoms. The maximum absolute atomic E-state index is 12.1. The lowest BCUT2D eigenvalue weighted by Gasteiger charge is -2.28. The van der Waals surface area contributed by atoms with Gasteiger partial charge < -0.3 is 19.7 Å². The fourth-order valence-electron chi connectivity index (χ4n) is 2.08. The summed E-state index contributed by atoms with van der Waals surface area (Å²) >= 11 is 0. The third kappa shape index (κ3) is 6.69. The number of nitrogens with zero attached hydrogens (tertiary/aromatic N) is 1. The summed E-state index contributed by atoms with van der Waals surface area (Å²) in [5.74, 6) is 0. The molecule has 0 aromatic carbocycles. The van der Waals surface area contributed by atoms with E-state index in [0.29, 0.717) is 6.54 Å². The zero-order valence-corrected chi connectivity index (χ0v) is 14.0. The summed E-state index contributed by atoms with van der Waals surface area (Å²) < 4.78 is 10.6. The van der Waals surface area contributed by atoms with Gasteiger partial charge in [0.05, 0.1) is 6.04 Å². The van der Waals surface area contributed by atoms with Gasteiger partial charge >= 0.3 is 12.2 Å². The number of ether oxygens (including phenoxy) is 2. The van der Waals surface area contributed by atoms with Gasteiger partial charge in [-0.25, -0.2) is 9.59 Å². The molecule has 1 atom stereocenters. The summed E-state index contributed by atoms with van der Waals surface area (Å²) in [4.78, 5) is 25.4. The first-order valence-electron chi connectivity index (χ1n) is 7.42. The molecule has 1 aliphatic heterocycles. The topological polar surface area (TPSA) is 67.9 Å². The van der Waals surface area contributed by atoms with Crippen molar-refractivity contribution in [3.05, 3.63) is 0 Å². The van der Waals surface area contributed by atoms with E-state index in [2.05, 4.69) is 5.32 Å². The van der Waals surface area contributed by atoms with Crippen molar-refractivity contribution in [3.8, 4) is 0 Å². The Labute approximate surface area is 127 Å². The van der Waals surface area contributed by atoms with Crippen molar-refractivity contribution < 1.29 is 19.1 Å². The number of amides is 2. The lowest BCUT2D eigenvalue weighted by molar-refractivity contribution is 0.0156. The summed E-state index contributed by atoms with van der Waals surface area (Å²) in [5, 5.41) is 2.73. The fourth-order valence-corrected chi connectivity index (χ4v) is 2.08. The molecule has 6 heteroatoms. The van der Waals surface area contributed by atoms with Crippen LogP contribution in [0, 0.1) is 0 Å². The Morgan fingerprint density at radius 2 is 1.81 bits per heavy atom. The number of rotatable bonds is 2. The number of hydrogen-bond acceptors (Lipinski definition) is 4. The average molecular weight is 300 g/mol. The second-order valence-corrected chi connectivity index (χ2v) is 7.44. The van der Waals surface area contributed by atoms with E-state index < -0.39 is 11.7 Å². The number of carbonyl (C=O) groups is 2. The molecule has 1 aliphatic rings.